The molecular weight excluding hydrogens is 256 g/mol. The Morgan fingerprint density at radius 1 is 1.21 bits per heavy atom. The molecule has 0 fully saturated rings. The van der Waals surface area contributed by atoms with Crippen LogP contribution in [0.15, 0.2) is 12.1 Å². The third kappa shape index (κ3) is 2.83. The van der Waals surface area contributed by atoms with Crippen molar-refractivity contribution in [2.45, 2.75) is 44.9 Å². The zero-order valence-corrected chi connectivity index (χ0v) is 11.6. The molecular formula is C12H19BrS. The highest BCUT2D eigenvalue weighted by Crippen LogP contribution is 2.38. The van der Waals surface area contributed by atoms with Crippen LogP contribution in [0.3, 0.4) is 0 Å². The van der Waals surface area contributed by atoms with Gasteiger partial charge in [-0.2, -0.15) is 0 Å². The Kier molecular flexibility index (Phi) is 5.18. The van der Waals surface area contributed by atoms with E-state index in [9.17, 15) is 0 Å². The molecule has 14 heavy (non-hydrogen) atoms. The van der Waals surface area contributed by atoms with E-state index in [1.807, 2.05) is 11.3 Å². The van der Waals surface area contributed by atoms with Gasteiger partial charge in [-0.15, -0.1) is 11.3 Å². The zero-order chi connectivity index (χ0) is 10.6. The van der Waals surface area contributed by atoms with Gasteiger partial charge in [0.1, 0.15) is 0 Å². The summed E-state index contributed by atoms with van der Waals surface area (Å²) in [7, 11) is 0. The first-order chi connectivity index (χ1) is 6.72. The van der Waals surface area contributed by atoms with Crippen molar-refractivity contribution in [1.29, 1.82) is 0 Å². The fraction of sp³-hybridized carbons (Fsp3) is 0.667. The van der Waals surface area contributed by atoms with Crippen molar-refractivity contribution >= 4 is 27.3 Å². The molecule has 0 saturated carbocycles. The first kappa shape index (κ1) is 12.3. The summed E-state index contributed by atoms with van der Waals surface area (Å²) in [6.07, 6.45) is 3.67. The molecule has 0 radical (unpaired) electrons. The van der Waals surface area contributed by atoms with Crippen LogP contribution in [0.5, 0.6) is 0 Å². The molecule has 1 unspecified atom stereocenters. The van der Waals surface area contributed by atoms with Gasteiger partial charge < -0.3 is 0 Å². The molecule has 0 aliphatic heterocycles. The highest BCUT2D eigenvalue weighted by atomic mass is 79.9. The molecule has 0 nitrogen and oxygen atoms in total. The number of hydrogen-bond acceptors (Lipinski definition) is 1. The fourth-order valence-corrected chi connectivity index (χ4v) is 3.87. The van der Waals surface area contributed by atoms with Crippen LogP contribution in [-0.2, 0) is 6.42 Å². The molecule has 0 saturated heterocycles. The summed E-state index contributed by atoms with van der Waals surface area (Å²) in [6.45, 7) is 6.77. The molecule has 1 aromatic heterocycles. The first-order valence-corrected chi connectivity index (χ1v) is 7.18. The summed E-state index contributed by atoms with van der Waals surface area (Å²) in [5.74, 6) is 0.776. The van der Waals surface area contributed by atoms with Crippen LogP contribution in [-0.4, -0.2) is 0 Å². The Morgan fingerprint density at radius 3 is 2.29 bits per heavy atom. The zero-order valence-electron chi connectivity index (χ0n) is 9.22. The quantitative estimate of drug-likeness (QED) is 0.649. The highest BCUT2D eigenvalue weighted by molar-refractivity contribution is 9.09. The second kappa shape index (κ2) is 5.92. The Hall–Kier alpha value is 0.180. The number of halogens is 1. The molecule has 1 heterocycles. The molecule has 0 spiro atoms. The fourth-order valence-electron chi connectivity index (χ4n) is 1.67. The van der Waals surface area contributed by atoms with Gasteiger partial charge in [0.15, 0.2) is 0 Å². The smallest absolute Gasteiger partial charge is 0.0517 e. The van der Waals surface area contributed by atoms with Gasteiger partial charge in [-0.25, -0.2) is 0 Å². The number of alkyl halides is 1. The van der Waals surface area contributed by atoms with Crippen LogP contribution in [0.4, 0.5) is 0 Å². The van der Waals surface area contributed by atoms with Crippen molar-refractivity contribution in [2.24, 2.45) is 5.92 Å². The van der Waals surface area contributed by atoms with Crippen LogP contribution in [0.25, 0.3) is 0 Å². The Labute approximate surface area is 99.9 Å². The van der Waals surface area contributed by atoms with Gasteiger partial charge in [-0.3, -0.25) is 0 Å². The first-order valence-electron chi connectivity index (χ1n) is 5.45. The molecule has 0 aliphatic rings. The van der Waals surface area contributed by atoms with E-state index in [0.717, 1.165) is 12.3 Å². The summed E-state index contributed by atoms with van der Waals surface area (Å²) in [6, 6.07) is 4.54. The molecule has 80 valence electrons. The van der Waals surface area contributed by atoms with E-state index in [4.69, 9.17) is 0 Å². The van der Waals surface area contributed by atoms with Crippen molar-refractivity contribution in [3.8, 4) is 0 Å². The predicted molar refractivity (Wildman–Crippen MR) is 69.4 cm³/mol. The van der Waals surface area contributed by atoms with Gasteiger partial charge in [0.2, 0.25) is 0 Å². The van der Waals surface area contributed by atoms with Crippen molar-refractivity contribution in [3.63, 3.8) is 0 Å². The minimum Gasteiger partial charge on any atom is -0.144 e. The van der Waals surface area contributed by atoms with E-state index in [1.165, 1.54) is 22.6 Å². The largest absolute Gasteiger partial charge is 0.144 e. The average molecular weight is 275 g/mol. The summed E-state index contributed by atoms with van der Waals surface area (Å²) in [5.41, 5.74) is 0. The minimum absolute atomic E-state index is 0.558. The lowest BCUT2D eigenvalue weighted by Crippen LogP contribution is -2.03. The average Bonchev–Trinajstić information content (AvgIpc) is 2.67. The monoisotopic (exact) mass is 274 g/mol. The third-order valence-electron chi connectivity index (χ3n) is 2.77. The Morgan fingerprint density at radius 2 is 1.86 bits per heavy atom. The van der Waals surface area contributed by atoms with E-state index in [2.05, 4.69) is 48.8 Å². The minimum atomic E-state index is 0.558. The number of rotatable bonds is 5. The van der Waals surface area contributed by atoms with E-state index >= 15 is 0 Å². The van der Waals surface area contributed by atoms with Crippen molar-refractivity contribution in [1.82, 2.24) is 0 Å². The maximum Gasteiger partial charge on any atom is 0.0517 e. The maximum atomic E-state index is 3.83. The van der Waals surface area contributed by atoms with Crippen molar-refractivity contribution in [3.05, 3.63) is 21.9 Å². The van der Waals surface area contributed by atoms with Crippen molar-refractivity contribution in [2.75, 3.05) is 0 Å². The van der Waals surface area contributed by atoms with Gasteiger partial charge in [0, 0.05) is 9.75 Å². The number of thiophene rings is 1. The normalized spacial score (nSPS) is 13.5. The molecule has 0 N–H and O–H groups in total. The summed E-state index contributed by atoms with van der Waals surface area (Å²) >= 11 is 5.78. The van der Waals surface area contributed by atoms with Crippen LogP contribution < -0.4 is 0 Å². The Balaban J connectivity index is 2.72. The predicted octanol–water partition coefficient (Wildman–Crippen LogP) is 5.18. The molecule has 2 heteroatoms. The van der Waals surface area contributed by atoms with E-state index in [1.54, 1.807) is 0 Å². The second-order valence-electron chi connectivity index (χ2n) is 3.64. The third-order valence-corrected chi connectivity index (χ3v) is 5.62. The van der Waals surface area contributed by atoms with Gasteiger partial charge in [0.05, 0.1) is 4.83 Å². The van der Waals surface area contributed by atoms with Gasteiger partial charge in [-0.1, -0.05) is 49.5 Å². The Bertz CT molecular complexity index is 263. The highest BCUT2D eigenvalue weighted by Gasteiger charge is 2.18. The summed E-state index contributed by atoms with van der Waals surface area (Å²) in [4.78, 5) is 3.55. The number of aryl methyl sites for hydroxylation is 1. The van der Waals surface area contributed by atoms with Gasteiger partial charge >= 0.3 is 0 Å². The molecule has 1 aromatic rings. The molecule has 1 rings (SSSR count). The SMILES string of the molecule is CCc1ccc(C(Br)C(CC)CC)s1. The topological polar surface area (TPSA) is 0 Å². The van der Waals surface area contributed by atoms with E-state index < -0.39 is 0 Å². The second-order valence-corrected chi connectivity index (χ2v) is 5.82. The lowest BCUT2D eigenvalue weighted by atomic mass is 9.98. The molecule has 1 atom stereocenters. The molecule has 0 aliphatic carbocycles. The lowest BCUT2D eigenvalue weighted by molar-refractivity contribution is 0.490. The van der Waals surface area contributed by atoms with Crippen LogP contribution in [0, 0.1) is 5.92 Å². The van der Waals surface area contributed by atoms with Crippen LogP contribution >= 0.6 is 27.3 Å². The molecule has 0 bridgehead atoms. The van der Waals surface area contributed by atoms with Gasteiger partial charge in [-0.05, 0) is 24.5 Å². The molecule has 0 amide bonds. The lowest BCUT2D eigenvalue weighted by Gasteiger charge is -2.17. The van der Waals surface area contributed by atoms with Crippen LogP contribution in [0.2, 0.25) is 0 Å². The standard InChI is InChI=1S/C12H19BrS/c1-4-9(5-2)12(13)11-8-7-10(6-3)14-11/h7-9,12H,4-6H2,1-3H3. The van der Waals surface area contributed by atoms with Crippen LogP contribution in [0.1, 0.15) is 48.2 Å². The van der Waals surface area contributed by atoms with Gasteiger partial charge in [0.25, 0.3) is 0 Å². The summed E-state index contributed by atoms with van der Waals surface area (Å²) < 4.78 is 0. The molecule has 0 aromatic carbocycles. The van der Waals surface area contributed by atoms with Crippen molar-refractivity contribution < 1.29 is 0 Å². The number of hydrogen-bond donors (Lipinski definition) is 0. The maximum absolute atomic E-state index is 3.83. The van der Waals surface area contributed by atoms with E-state index in [-0.39, 0.29) is 0 Å². The summed E-state index contributed by atoms with van der Waals surface area (Å²) in [5, 5.41) is 0. The van der Waals surface area contributed by atoms with E-state index in [0.29, 0.717) is 4.83 Å².